The molecule has 1 unspecified atom stereocenters. The summed E-state index contributed by atoms with van der Waals surface area (Å²) in [5.41, 5.74) is 0. The van der Waals surface area contributed by atoms with Gasteiger partial charge in [0, 0.05) is 12.8 Å². The largest absolute Gasteiger partial charge is 0.481 e. The van der Waals surface area contributed by atoms with E-state index < -0.39 is 5.97 Å². The average Bonchev–Trinajstić information content (AvgIpc) is 3.04. The van der Waals surface area contributed by atoms with Crippen LogP contribution in [0.1, 0.15) is 239 Å². The summed E-state index contributed by atoms with van der Waals surface area (Å²) in [7, 11) is 0. The van der Waals surface area contributed by atoms with Crippen LogP contribution in [0.2, 0.25) is 0 Å². The molecular formula is C42H80O4. The highest BCUT2D eigenvalue weighted by Crippen LogP contribution is 2.17. The Morgan fingerprint density at radius 2 is 0.826 bits per heavy atom. The summed E-state index contributed by atoms with van der Waals surface area (Å²) in [5, 5.41) is 8.79. The molecule has 0 amide bonds. The van der Waals surface area contributed by atoms with Crippen LogP contribution in [0.5, 0.6) is 0 Å². The number of rotatable bonds is 38. The minimum absolute atomic E-state index is 0.0621. The molecule has 0 aromatic rings. The Balaban J connectivity index is 3.60. The monoisotopic (exact) mass is 649 g/mol. The van der Waals surface area contributed by atoms with E-state index in [-0.39, 0.29) is 18.5 Å². The predicted octanol–water partition coefficient (Wildman–Crippen LogP) is 14.2. The van der Waals surface area contributed by atoms with Crippen molar-refractivity contribution in [3.63, 3.8) is 0 Å². The molecule has 0 aromatic heterocycles. The second-order valence-electron chi connectivity index (χ2n) is 14.2. The number of allylic oxidation sites excluding steroid dienone is 1. The molecule has 0 aliphatic rings. The Labute approximate surface area is 287 Å². The van der Waals surface area contributed by atoms with Crippen LogP contribution in [-0.4, -0.2) is 23.1 Å². The number of esters is 1. The lowest BCUT2D eigenvalue weighted by Crippen LogP contribution is -2.16. The number of carbonyl (C=O) groups excluding carboxylic acids is 1. The van der Waals surface area contributed by atoms with Crippen LogP contribution in [-0.2, 0) is 14.3 Å². The molecule has 4 nitrogen and oxygen atoms in total. The number of ether oxygens (including phenoxy) is 1. The lowest BCUT2D eigenvalue weighted by molar-refractivity contribution is -0.147. The van der Waals surface area contributed by atoms with Crippen molar-refractivity contribution in [2.45, 2.75) is 245 Å². The zero-order valence-corrected chi connectivity index (χ0v) is 31.2. The molecule has 0 aliphatic heterocycles. The summed E-state index contributed by atoms with van der Waals surface area (Å²) in [6.07, 6.45) is 47.1. The van der Waals surface area contributed by atoms with E-state index in [0.717, 1.165) is 51.4 Å². The highest BCUT2D eigenvalue weighted by atomic mass is 16.5. The van der Waals surface area contributed by atoms with Gasteiger partial charge in [0.25, 0.3) is 0 Å². The van der Waals surface area contributed by atoms with Crippen molar-refractivity contribution in [2.75, 3.05) is 0 Å². The van der Waals surface area contributed by atoms with E-state index in [2.05, 4.69) is 26.0 Å². The Morgan fingerprint density at radius 3 is 1.24 bits per heavy atom. The van der Waals surface area contributed by atoms with Gasteiger partial charge in [-0.25, -0.2) is 0 Å². The van der Waals surface area contributed by atoms with Gasteiger partial charge in [0.15, 0.2) is 0 Å². The van der Waals surface area contributed by atoms with Gasteiger partial charge in [0.1, 0.15) is 6.10 Å². The average molecular weight is 649 g/mol. The van der Waals surface area contributed by atoms with Crippen molar-refractivity contribution < 1.29 is 19.4 Å². The molecule has 0 rings (SSSR count). The molecule has 46 heavy (non-hydrogen) atoms. The van der Waals surface area contributed by atoms with Crippen molar-refractivity contribution in [1.29, 1.82) is 0 Å². The summed E-state index contributed by atoms with van der Waals surface area (Å²) in [6.45, 7) is 4.50. The van der Waals surface area contributed by atoms with Gasteiger partial charge in [-0.15, -0.1) is 0 Å². The van der Waals surface area contributed by atoms with Gasteiger partial charge in [-0.05, 0) is 44.6 Å². The Hall–Kier alpha value is -1.32. The number of unbranched alkanes of at least 4 members (excludes halogenated alkanes) is 29. The van der Waals surface area contributed by atoms with E-state index in [0.29, 0.717) is 6.42 Å². The maximum atomic E-state index is 12.5. The molecular weight excluding hydrogens is 568 g/mol. The minimum atomic E-state index is -0.720. The standard InChI is InChI=1S/C42H80O4/c1-3-5-7-9-10-11-12-13-14-15-16-17-18-19-20-21-22-23-24-25-26-27-29-35-39-42(45)46-40(36-32-28-8-6-4-2)37-33-30-31-34-38-41(43)44/h32,36,40H,3-31,33-35,37-39H2,1-2H3,(H,43,44)/b36-32-. The van der Waals surface area contributed by atoms with Gasteiger partial charge in [-0.1, -0.05) is 193 Å². The van der Waals surface area contributed by atoms with Crippen LogP contribution >= 0.6 is 0 Å². The third-order valence-electron chi connectivity index (χ3n) is 9.47. The van der Waals surface area contributed by atoms with Crippen LogP contribution in [0.4, 0.5) is 0 Å². The van der Waals surface area contributed by atoms with Crippen LogP contribution in [0.15, 0.2) is 12.2 Å². The molecule has 0 fully saturated rings. The first-order chi connectivity index (χ1) is 22.6. The lowest BCUT2D eigenvalue weighted by atomic mass is 10.0. The molecule has 0 saturated carbocycles. The highest BCUT2D eigenvalue weighted by molar-refractivity contribution is 5.69. The van der Waals surface area contributed by atoms with Gasteiger partial charge in [-0.2, -0.15) is 0 Å². The fraction of sp³-hybridized carbons (Fsp3) is 0.905. The van der Waals surface area contributed by atoms with Crippen LogP contribution < -0.4 is 0 Å². The summed E-state index contributed by atoms with van der Waals surface area (Å²) < 4.78 is 5.83. The maximum Gasteiger partial charge on any atom is 0.306 e. The van der Waals surface area contributed by atoms with Crippen LogP contribution in [0, 0.1) is 0 Å². The predicted molar refractivity (Wildman–Crippen MR) is 200 cm³/mol. The molecule has 1 N–H and O–H groups in total. The molecule has 272 valence electrons. The third kappa shape index (κ3) is 37.1. The van der Waals surface area contributed by atoms with Crippen molar-refractivity contribution >= 4 is 11.9 Å². The zero-order valence-electron chi connectivity index (χ0n) is 31.2. The van der Waals surface area contributed by atoms with Gasteiger partial charge < -0.3 is 9.84 Å². The van der Waals surface area contributed by atoms with Gasteiger partial charge in [0.2, 0.25) is 0 Å². The number of carboxylic acid groups (broad SMARTS) is 1. The van der Waals surface area contributed by atoms with Crippen molar-refractivity contribution in [1.82, 2.24) is 0 Å². The summed E-state index contributed by atoms with van der Waals surface area (Å²) in [5.74, 6) is -0.782. The molecule has 0 bridgehead atoms. The normalized spacial score (nSPS) is 12.2. The zero-order chi connectivity index (χ0) is 33.6. The third-order valence-corrected chi connectivity index (χ3v) is 9.47. The lowest BCUT2D eigenvalue weighted by Gasteiger charge is -2.15. The second-order valence-corrected chi connectivity index (χ2v) is 14.2. The van der Waals surface area contributed by atoms with E-state index in [1.165, 1.54) is 161 Å². The molecule has 0 saturated heterocycles. The SMILES string of the molecule is CCCCC/C=C\C(CCCCCCC(=O)O)OC(=O)CCCCCCCCCCCCCCCCCCCCCCCCCC. The van der Waals surface area contributed by atoms with Gasteiger partial charge >= 0.3 is 11.9 Å². The molecule has 0 heterocycles. The summed E-state index contributed by atoms with van der Waals surface area (Å²) >= 11 is 0. The number of carboxylic acids is 1. The van der Waals surface area contributed by atoms with Crippen molar-refractivity contribution in [2.24, 2.45) is 0 Å². The van der Waals surface area contributed by atoms with Crippen LogP contribution in [0.3, 0.4) is 0 Å². The van der Waals surface area contributed by atoms with Crippen molar-refractivity contribution in [3.05, 3.63) is 12.2 Å². The molecule has 0 spiro atoms. The smallest absolute Gasteiger partial charge is 0.306 e. The molecule has 0 aromatic carbocycles. The number of aliphatic carboxylic acids is 1. The number of hydrogen-bond acceptors (Lipinski definition) is 3. The number of hydrogen-bond donors (Lipinski definition) is 1. The van der Waals surface area contributed by atoms with Crippen molar-refractivity contribution in [3.8, 4) is 0 Å². The first kappa shape index (κ1) is 44.7. The van der Waals surface area contributed by atoms with E-state index >= 15 is 0 Å². The van der Waals surface area contributed by atoms with E-state index in [1.807, 2.05) is 0 Å². The van der Waals surface area contributed by atoms with Gasteiger partial charge in [-0.3, -0.25) is 9.59 Å². The summed E-state index contributed by atoms with van der Waals surface area (Å²) in [6, 6.07) is 0. The molecule has 4 heteroatoms. The quantitative estimate of drug-likeness (QED) is 0.0411. The Bertz CT molecular complexity index is 658. The number of carbonyl (C=O) groups is 2. The van der Waals surface area contributed by atoms with Crippen LogP contribution in [0.25, 0.3) is 0 Å². The van der Waals surface area contributed by atoms with E-state index in [4.69, 9.17) is 9.84 Å². The Morgan fingerprint density at radius 1 is 0.478 bits per heavy atom. The first-order valence-corrected chi connectivity index (χ1v) is 20.7. The fourth-order valence-electron chi connectivity index (χ4n) is 6.39. The minimum Gasteiger partial charge on any atom is -0.481 e. The van der Waals surface area contributed by atoms with E-state index in [9.17, 15) is 9.59 Å². The Kier molecular flexibility index (Phi) is 37.0. The highest BCUT2D eigenvalue weighted by Gasteiger charge is 2.11. The fourth-order valence-corrected chi connectivity index (χ4v) is 6.39. The summed E-state index contributed by atoms with van der Waals surface area (Å²) in [4.78, 5) is 23.2. The molecule has 1 atom stereocenters. The maximum absolute atomic E-state index is 12.5. The topological polar surface area (TPSA) is 63.6 Å². The second kappa shape index (κ2) is 38.1. The molecule has 0 aliphatic carbocycles. The molecule has 0 radical (unpaired) electrons. The first-order valence-electron chi connectivity index (χ1n) is 20.7. The van der Waals surface area contributed by atoms with Gasteiger partial charge in [0.05, 0.1) is 0 Å². The van der Waals surface area contributed by atoms with E-state index in [1.54, 1.807) is 0 Å².